The summed E-state index contributed by atoms with van der Waals surface area (Å²) in [7, 11) is 0. The van der Waals surface area contributed by atoms with Crippen molar-refractivity contribution in [3.63, 3.8) is 0 Å². The Morgan fingerprint density at radius 2 is 2.37 bits per heavy atom. The maximum absolute atomic E-state index is 12.5. The molecule has 0 saturated heterocycles. The maximum atomic E-state index is 12.5. The van der Waals surface area contributed by atoms with Gasteiger partial charge in [-0.15, -0.1) is 0 Å². The smallest absolute Gasteiger partial charge is 0.160 e. The first-order chi connectivity index (χ1) is 8.92. The molecule has 1 heterocycles. The molecule has 2 N–H and O–H groups in total. The van der Waals surface area contributed by atoms with E-state index in [-0.39, 0.29) is 11.8 Å². The van der Waals surface area contributed by atoms with Crippen molar-refractivity contribution in [1.29, 1.82) is 0 Å². The standard InChI is InChI=1S/C14H24N4O/c1-10(2)18-13(16-9-17-18)7-12(19)14(15)6-4-5-11(3)8-14/h9-11H,4-8,15H2,1-3H3. The van der Waals surface area contributed by atoms with Gasteiger partial charge in [0.25, 0.3) is 0 Å². The molecule has 0 spiro atoms. The highest BCUT2D eigenvalue weighted by Crippen LogP contribution is 2.31. The first-order valence-electron chi connectivity index (χ1n) is 7.13. The highest BCUT2D eigenvalue weighted by molar-refractivity contribution is 5.89. The van der Waals surface area contributed by atoms with Gasteiger partial charge >= 0.3 is 0 Å². The van der Waals surface area contributed by atoms with Gasteiger partial charge in [0.2, 0.25) is 0 Å². The minimum atomic E-state index is -0.661. The van der Waals surface area contributed by atoms with Gasteiger partial charge in [0.15, 0.2) is 5.78 Å². The number of nitrogens with zero attached hydrogens (tertiary/aromatic N) is 3. The van der Waals surface area contributed by atoms with Crippen molar-refractivity contribution >= 4 is 5.78 Å². The van der Waals surface area contributed by atoms with E-state index in [0.717, 1.165) is 25.1 Å². The van der Waals surface area contributed by atoms with E-state index in [9.17, 15) is 4.79 Å². The Kier molecular flexibility index (Phi) is 4.04. The molecule has 0 amide bonds. The lowest BCUT2D eigenvalue weighted by Crippen LogP contribution is -2.51. The fourth-order valence-corrected chi connectivity index (χ4v) is 3.00. The van der Waals surface area contributed by atoms with Crippen LogP contribution in [0.15, 0.2) is 6.33 Å². The van der Waals surface area contributed by atoms with Crippen LogP contribution in [0.4, 0.5) is 0 Å². The normalized spacial score (nSPS) is 27.7. The van der Waals surface area contributed by atoms with Crippen LogP contribution in [0.1, 0.15) is 58.3 Å². The monoisotopic (exact) mass is 264 g/mol. The van der Waals surface area contributed by atoms with Crippen LogP contribution in [0.2, 0.25) is 0 Å². The summed E-state index contributed by atoms with van der Waals surface area (Å²) in [5.41, 5.74) is 5.67. The van der Waals surface area contributed by atoms with Crippen LogP contribution in [0.5, 0.6) is 0 Å². The van der Waals surface area contributed by atoms with Gasteiger partial charge in [-0.3, -0.25) is 4.79 Å². The zero-order valence-electron chi connectivity index (χ0n) is 12.1. The number of carbonyl (C=O) groups excluding carboxylic acids is 1. The lowest BCUT2D eigenvalue weighted by Gasteiger charge is -2.35. The number of rotatable bonds is 4. The number of carbonyl (C=O) groups is 1. The Labute approximate surface area is 114 Å². The molecule has 106 valence electrons. The van der Waals surface area contributed by atoms with E-state index in [1.807, 2.05) is 13.8 Å². The molecule has 1 aliphatic carbocycles. The Bertz CT molecular complexity index is 454. The fourth-order valence-electron chi connectivity index (χ4n) is 3.00. The molecule has 1 aromatic rings. The van der Waals surface area contributed by atoms with Gasteiger partial charge in [-0.2, -0.15) is 5.10 Å². The van der Waals surface area contributed by atoms with Crippen LogP contribution in [-0.4, -0.2) is 26.1 Å². The largest absolute Gasteiger partial charge is 0.319 e. The third-order valence-electron chi connectivity index (χ3n) is 4.04. The van der Waals surface area contributed by atoms with Gasteiger partial charge in [0.1, 0.15) is 12.2 Å². The molecular weight excluding hydrogens is 240 g/mol. The number of hydrogen-bond donors (Lipinski definition) is 1. The molecule has 1 saturated carbocycles. The van der Waals surface area contributed by atoms with Crippen molar-refractivity contribution < 1.29 is 4.79 Å². The SMILES string of the molecule is CC1CCCC(N)(C(=O)Cc2ncnn2C(C)C)C1. The highest BCUT2D eigenvalue weighted by Gasteiger charge is 2.38. The number of nitrogens with two attached hydrogens (primary N) is 1. The van der Waals surface area contributed by atoms with Crippen molar-refractivity contribution in [2.75, 3.05) is 0 Å². The van der Waals surface area contributed by atoms with E-state index in [4.69, 9.17) is 5.73 Å². The summed E-state index contributed by atoms with van der Waals surface area (Å²) in [6.45, 7) is 6.23. The minimum absolute atomic E-state index is 0.106. The average Bonchev–Trinajstić information content (AvgIpc) is 2.76. The molecule has 0 bridgehead atoms. The third-order valence-corrected chi connectivity index (χ3v) is 4.04. The van der Waals surface area contributed by atoms with Crippen LogP contribution in [0.25, 0.3) is 0 Å². The van der Waals surface area contributed by atoms with Gasteiger partial charge in [-0.25, -0.2) is 9.67 Å². The van der Waals surface area contributed by atoms with Crippen LogP contribution in [0.3, 0.4) is 0 Å². The predicted octanol–water partition coefficient (Wildman–Crippen LogP) is 1.88. The van der Waals surface area contributed by atoms with Crippen LogP contribution in [0, 0.1) is 5.92 Å². The van der Waals surface area contributed by atoms with Crippen molar-refractivity contribution in [3.05, 3.63) is 12.2 Å². The summed E-state index contributed by atoms with van der Waals surface area (Å²) in [6.07, 6.45) is 5.61. The number of hydrogen-bond acceptors (Lipinski definition) is 4. The van der Waals surface area contributed by atoms with E-state index in [1.54, 1.807) is 4.68 Å². The second kappa shape index (κ2) is 5.41. The van der Waals surface area contributed by atoms with E-state index >= 15 is 0 Å². The average molecular weight is 264 g/mol. The Hall–Kier alpha value is -1.23. The van der Waals surface area contributed by atoms with Gasteiger partial charge in [0.05, 0.1) is 12.0 Å². The molecule has 1 aromatic heterocycles. The zero-order chi connectivity index (χ0) is 14.0. The lowest BCUT2D eigenvalue weighted by molar-refractivity contribution is -0.125. The molecule has 5 heteroatoms. The first-order valence-corrected chi connectivity index (χ1v) is 7.13. The summed E-state index contributed by atoms with van der Waals surface area (Å²) in [5.74, 6) is 1.36. The summed E-state index contributed by atoms with van der Waals surface area (Å²) in [6, 6.07) is 0.212. The van der Waals surface area contributed by atoms with Gasteiger partial charge < -0.3 is 5.73 Å². The molecule has 5 nitrogen and oxygen atoms in total. The molecule has 0 radical (unpaired) electrons. The molecule has 0 aliphatic heterocycles. The topological polar surface area (TPSA) is 73.8 Å². The maximum Gasteiger partial charge on any atom is 0.160 e. The molecule has 0 aromatic carbocycles. The van der Waals surface area contributed by atoms with Crippen LogP contribution in [-0.2, 0) is 11.2 Å². The molecule has 2 atom stereocenters. The van der Waals surface area contributed by atoms with E-state index in [0.29, 0.717) is 12.3 Å². The molecule has 1 fully saturated rings. The number of ketones is 1. The van der Waals surface area contributed by atoms with Crippen LogP contribution < -0.4 is 5.73 Å². The number of Topliss-reactive ketones (excluding diaryl/α,β-unsaturated/α-hetero) is 1. The van der Waals surface area contributed by atoms with Crippen molar-refractivity contribution in [3.8, 4) is 0 Å². The predicted molar refractivity (Wildman–Crippen MR) is 73.7 cm³/mol. The van der Waals surface area contributed by atoms with E-state index in [2.05, 4.69) is 17.0 Å². The molecular formula is C14H24N4O. The first kappa shape index (κ1) is 14.2. The molecule has 2 unspecified atom stereocenters. The fraction of sp³-hybridized carbons (Fsp3) is 0.786. The molecule has 19 heavy (non-hydrogen) atoms. The molecule has 1 aliphatic rings. The van der Waals surface area contributed by atoms with Crippen molar-refractivity contribution in [2.24, 2.45) is 11.7 Å². The van der Waals surface area contributed by atoms with E-state index < -0.39 is 5.54 Å². The summed E-state index contributed by atoms with van der Waals surface area (Å²) < 4.78 is 1.80. The third kappa shape index (κ3) is 3.03. The summed E-state index contributed by atoms with van der Waals surface area (Å²) in [5, 5.41) is 4.16. The Balaban J connectivity index is 2.10. The number of aromatic nitrogens is 3. The Morgan fingerprint density at radius 3 is 3.00 bits per heavy atom. The summed E-state index contributed by atoms with van der Waals surface area (Å²) >= 11 is 0. The zero-order valence-corrected chi connectivity index (χ0v) is 12.1. The second-order valence-corrected chi connectivity index (χ2v) is 6.17. The van der Waals surface area contributed by atoms with Crippen molar-refractivity contribution in [1.82, 2.24) is 14.8 Å². The molecule has 2 rings (SSSR count). The Morgan fingerprint density at radius 1 is 1.63 bits per heavy atom. The van der Waals surface area contributed by atoms with Crippen molar-refractivity contribution in [2.45, 2.75) is 64.5 Å². The van der Waals surface area contributed by atoms with E-state index in [1.165, 1.54) is 12.7 Å². The van der Waals surface area contributed by atoms with Gasteiger partial charge in [0, 0.05) is 6.04 Å². The minimum Gasteiger partial charge on any atom is -0.319 e. The lowest BCUT2D eigenvalue weighted by atomic mass is 9.74. The second-order valence-electron chi connectivity index (χ2n) is 6.17. The van der Waals surface area contributed by atoms with Gasteiger partial charge in [-0.05, 0) is 32.6 Å². The van der Waals surface area contributed by atoms with Crippen LogP contribution >= 0.6 is 0 Å². The highest BCUT2D eigenvalue weighted by atomic mass is 16.1. The van der Waals surface area contributed by atoms with Gasteiger partial charge in [-0.1, -0.05) is 19.8 Å². The quantitative estimate of drug-likeness (QED) is 0.901. The summed E-state index contributed by atoms with van der Waals surface area (Å²) in [4.78, 5) is 16.7.